The molecular formula is C26H25N3O2S. The fourth-order valence-corrected chi connectivity index (χ4v) is 4.46. The first kappa shape index (κ1) is 21.7. The highest BCUT2D eigenvalue weighted by atomic mass is 32.1. The number of allylic oxidation sites excluding steroid dienone is 3. The third kappa shape index (κ3) is 5.39. The first-order valence-corrected chi connectivity index (χ1v) is 11.5. The first-order chi connectivity index (χ1) is 15.6. The van der Waals surface area contributed by atoms with Gasteiger partial charge >= 0.3 is 0 Å². The summed E-state index contributed by atoms with van der Waals surface area (Å²) in [4.78, 5) is 30.9. The van der Waals surface area contributed by atoms with Crippen LogP contribution in [-0.4, -0.2) is 16.8 Å². The topological polar surface area (TPSA) is 71.1 Å². The lowest BCUT2D eigenvalue weighted by atomic mass is 9.93. The number of benzene rings is 2. The lowest BCUT2D eigenvalue weighted by Crippen LogP contribution is -2.23. The van der Waals surface area contributed by atoms with Gasteiger partial charge in [-0.15, -0.1) is 0 Å². The summed E-state index contributed by atoms with van der Waals surface area (Å²) < 4.78 is 0. The highest BCUT2D eigenvalue weighted by Gasteiger charge is 2.22. The fraction of sp³-hybridized carbons (Fsp3) is 0.192. The molecule has 2 amide bonds. The van der Waals surface area contributed by atoms with Crippen LogP contribution >= 0.6 is 11.3 Å². The minimum absolute atomic E-state index is 0.150. The van der Waals surface area contributed by atoms with Crippen LogP contribution in [0, 0.1) is 5.92 Å². The first-order valence-electron chi connectivity index (χ1n) is 10.6. The van der Waals surface area contributed by atoms with Crippen LogP contribution in [0.2, 0.25) is 0 Å². The maximum atomic E-state index is 13.0. The van der Waals surface area contributed by atoms with Crippen LogP contribution in [0.3, 0.4) is 0 Å². The zero-order chi connectivity index (χ0) is 22.3. The lowest BCUT2D eigenvalue weighted by Gasteiger charge is -2.15. The van der Waals surface area contributed by atoms with Gasteiger partial charge in [0.2, 0.25) is 0 Å². The van der Waals surface area contributed by atoms with E-state index in [0.717, 1.165) is 23.1 Å². The number of hydrogen-bond acceptors (Lipinski definition) is 4. The van der Waals surface area contributed by atoms with Crippen LogP contribution in [0.5, 0.6) is 0 Å². The van der Waals surface area contributed by atoms with Crippen molar-refractivity contribution >= 4 is 28.3 Å². The van der Waals surface area contributed by atoms with Crippen LogP contribution in [0.25, 0.3) is 0 Å². The Bertz CT molecular complexity index is 1150. The zero-order valence-electron chi connectivity index (χ0n) is 17.9. The van der Waals surface area contributed by atoms with E-state index in [2.05, 4.69) is 21.7 Å². The second kappa shape index (κ2) is 10.2. The highest BCUT2D eigenvalue weighted by Crippen LogP contribution is 2.27. The molecule has 5 nitrogen and oxygen atoms in total. The fourth-order valence-electron chi connectivity index (χ4n) is 3.56. The SMILES string of the molecule is CC1CC=CC=C1C(=O)Nc1nc(Cc2ccccc2)c(C(=O)NCc2ccccc2)s1. The Labute approximate surface area is 191 Å². The number of nitrogens with one attached hydrogen (secondary N) is 2. The quantitative estimate of drug-likeness (QED) is 0.532. The van der Waals surface area contributed by atoms with Gasteiger partial charge in [-0.25, -0.2) is 4.98 Å². The molecule has 0 aliphatic heterocycles. The maximum absolute atomic E-state index is 13.0. The van der Waals surface area contributed by atoms with E-state index in [4.69, 9.17) is 0 Å². The molecule has 0 saturated heterocycles. The van der Waals surface area contributed by atoms with Crippen molar-refractivity contribution < 1.29 is 9.59 Å². The number of thiazole rings is 1. The van der Waals surface area contributed by atoms with Crippen molar-refractivity contribution in [3.63, 3.8) is 0 Å². The van der Waals surface area contributed by atoms with Gasteiger partial charge in [0.05, 0.1) is 5.69 Å². The number of amides is 2. The van der Waals surface area contributed by atoms with E-state index >= 15 is 0 Å². The monoisotopic (exact) mass is 443 g/mol. The van der Waals surface area contributed by atoms with Gasteiger partial charge < -0.3 is 5.32 Å². The summed E-state index contributed by atoms with van der Waals surface area (Å²) in [6.45, 7) is 2.46. The Morgan fingerprint density at radius 1 is 1.00 bits per heavy atom. The molecule has 1 heterocycles. The minimum Gasteiger partial charge on any atom is -0.347 e. The molecule has 32 heavy (non-hydrogen) atoms. The number of carbonyl (C=O) groups is 2. The van der Waals surface area contributed by atoms with Crippen LogP contribution in [0.4, 0.5) is 5.13 Å². The average Bonchev–Trinajstić information content (AvgIpc) is 3.21. The summed E-state index contributed by atoms with van der Waals surface area (Å²) in [5, 5.41) is 6.32. The number of anilines is 1. The van der Waals surface area contributed by atoms with Gasteiger partial charge in [-0.2, -0.15) is 0 Å². The molecule has 0 bridgehead atoms. The van der Waals surface area contributed by atoms with Gasteiger partial charge in [0.25, 0.3) is 11.8 Å². The summed E-state index contributed by atoms with van der Waals surface area (Å²) in [5.41, 5.74) is 3.46. The molecule has 0 spiro atoms. The molecule has 1 unspecified atom stereocenters. The molecule has 1 atom stereocenters. The van der Waals surface area contributed by atoms with E-state index in [1.165, 1.54) is 11.3 Å². The highest BCUT2D eigenvalue weighted by molar-refractivity contribution is 7.17. The minimum atomic E-state index is -0.189. The summed E-state index contributed by atoms with van der Waals surface area (Å²) >= 11 is 1.22. The van der Waals surface area contributed by atoms with Crippen LogP contribution in [0.1, 0.15) is 39.8 Å². The molecule has 0 saturated carbocycles. The van der Waals surface area contributed by atoms with Gasteiger partial charge in [-0.05, 0) is 23.5 Å². The van der Waals surface area contributed by atoms with E-state index in [1.807, 2.05) is 79.7 Å². The van der Waals surface area contributed by atoms with Crippen molar-refractivity contribution in [3.8, 4) is 0 Å². The van der Waals surface area contributed by atoms with E-state index in [9.17, 15) is 9.59 Å². The Balaban J connectivity index is 1.55. The largest absolute Gasteiger partial charge is 0.347 e. The summed E-state index contributed by atoms with van der Waals surface area (Å²) in [5.74, 6) is -0.207. The normalized spacial score (nSPS) is 15.2. The molecule has 1 aliphatic rings. The molecule has 162 valence electrons. The van der Waals surface area contributed by atoms with Crippen molar-refractivity contribution in [1.29, 1.82) is 0 Å². The molecule has 0 radical (unpaired) electrons. The molecular weight excluding hydrogens is 418 g/mol. The van der Waals surface area contributed by atoms with Gasteiger partial charge in [0, 0.05) is 18.5 Å². The Morgan fingerprint density at radius 3 is 2.38 bits per heavy atom. The maximum Gasteiger partial charge on any atom is 0.263 e. The van der Waals surface area contributed by atoms with Gasteiger partial charge in [-0.3, -0.25) is 14.9 Å². The molecule has 0 fully saturated rings. The van der Waals surface area contributed by atoms with Crippen molar-refractivity contribution in [1.82, 2.24) is 10.3 Å². The number of nitrogens with zero attached hydrogens (tertiary/aromatic N) is 1. The molecule has 1 aromatic heterocycles. The molecule has 1 aliphatic carbocycles. The van der Waals surface area contributed by atoms with Crippen LogP contribution in [-0.2, 0) is 17.8 Å². The average molecular weight is 444 g/mol. The molecule has 6 heteroatoms. The smallest absolute Gasteiger partial charge is 0.263 e. The molecule has 2 aromatic carbocycles. The summed E-state index contributed by atoms with van der Waals surface area (Å²) in [7, 11) is 0. The second-order valence-electron chi connectivity index (χ2n) is 7.77. The second-order valence-corrected chi connectivity index (χ2v) is 8.77. The number of carbonyl (C=O) groups excluding carboxylic acids is 2. The van der Waals surface area contributed by atoms with Crippen molar-refractivity contribution in [3.05, 3.63) is 106 Å². The molecule has 2 N–H and O–H groups in total. The molecule has 3 aromatic rings. The number of hydrogen-bond donors (Lipinski definition) is 2. The summed E-state index contributed by atoms with van der Waals surface area (Å²) in [6.07, 6.45) is 7.15. The summed E-state index contributed by atoms with van der Waals surface area (Å²) in [6, 6.07) is 19.7. The Hall–Kier alpha value is -3.51. The van der Waals surface area contributed by atoms with Gasteiger partial charge in [-0.1, -0.05) is 97.2 Å². The Kier molecular flexibility index (Phi) is 6.92. The predicted octanol–water partition coefficient (Wildman–Crippen LogP) is 5.12. The van der Waals surface area contributed by atoms with E-state index in [-0.39, 0.29) is 17.7 Å². The van der Waals surface area contributed by atoms with Crippen LogP contribution < -0.4 is 10.6 Å². The number of aromatic nitrogens is 1. The van der Waals surface area contributed by atoms with E-state index in [1.54, 1.807) is 0 Å². The van der Waals surface area contributed by atoms with E-state index < -0.39 is 0 Å². The zero-order valence-corrected chi connectivity index (χ0v) is 18.7. The van der Waals surface area contributed by atoms with Crippen molar-refractivity contribution in [2.24, 2.45) is 5.92 Å². The Morgan fingerprint density at radius 2 is 1.69 bits per heavy atom. The van der Waals surface area contributed by atoms with E-state index in [0.29, 0.717) is 28.7 Å². The number of rotatable bonds is 7. The predicted molar refractivity (Wildman–Crippen MR) is 129 cm³/mol. The van der Waals surface area contributed by atoms with Crippen molar-refractivity contribution in [2.75, 3.05) is 5.32 Å². The standard InChI is InChI=1S/C26H25N3O2S/c1-18-10-8-9-15-21(18)24(30)29-26-28-22(16-19-11-4-2-5-12-19)23(32-26)25(31)27-17-20-13-6-3-7-14-20/h2-9,11-15,18H,10,16-17H2,1H3,(H,27,31)(H,28,29,30). The third-order valence-corrected chi connectivity index (χ3v) is 6.34. The van der Waals surface area contributed by atoms with Gasteiger partial charge in [0.15, 0.2) is 5.13 Å². The molecule has 4 rings (SSSR count). The lowest BCUT2D eigenvalue weighted by molar-refractivity contribution is -0.113. The third-order valence-electron chi connectivity index (χ3n) is 5.33. The van der Waals surface area contributed by atoms with Gasteiger partial charge in [0.1, 0.15) is 4.88 Å². The van der Waals surface area contributed by atoms with Crippen molar-refractivity contribution in [2.45, 2.75) is 26.3 Å². The van der Waals surface area contributed by atoms with Crippen LogP contribution in [0.15, 0.2) is 84.5 Å².